The van der Waals surface area contributed by atoms with Crippen molar-refractivity contribution in [1.82, 2.24) is 14.6 Å². The molecule has 0 aliphatic carbocycles. The van der Waals surface area contributed by atoms with Crippen LogP contribution in [0.4, 0.5) is 0 Å². The molecule has 1 fully saturated rings. The summed E-state index contributed by atoms with van der Waals surface area (Å²) in [5.41, 5.74) is 1.79. The number of aromatic nitrogens is 1. The van der Waals surface area contributed by atoms with E-state index in [0.29, 0.717) is 47.8 Å². The summed E-state index contributed by atoms with van der Waals surface area (Å²) >= 11 is 1.18. The highest BCUT2D eigenvalue weighted by molar-refractivity contribution is 7.91. The summed E-state index contributed by atoms with van der Waals surface area (Å²) in [5.74, 6) is -0.0157. The number of aryl methyl sites for hydroxylation is 1. The molecule has 1 aliphatic heterocycles. The normalized spacial score (nSPS) is 15.2. The molecule has 2 aromatic heterocycles. The first-order chi connectivity index (χ1) is 14.2. The number of carbonyl (C=O) groups is 1. The summed E-state index contributed by atoms with van der Waals surface area (Å²) in [6.45, 7) is 4.47. The Bertz CT molecular complexity index is 1120. The molecule has 0 bridgehead atoms. The number of hydrogen-bond acceptors (Lipinski definition) is 6. The molecule has 10 heteroatoms. The lowest BCUT2D eigenvalue weighted by Crippen LogP contribution is -2.46. The molecule has 0 radical (unpaired) electrons. The van der Waals surface area contributed by atoms with Gasteiger partial charge in [0.2, 0.25) is 15.9 Å². The van der Waals surface area contributed by atoms with E-state index in [1.807, 2.05) is 6.07 Å². The van der Waals surface area contributed by atoms with Gasteiger partial charge in [-0.2, -0.15) is 5.26 Å². The van der Waals surface area contributed by atoms with Gasteiger partial charge in [-0.25, -0.2) is 13.1 Å². The monoisotopic (exact) mass is 448 g/mol. The van der Waals surface area contributed by atoms with Gasteiger partial charge in [0.25, 0.3) is 5.56 Å². The van der Waals surface area contributed by atoms with Crippen LogP contribution < -0.4 is 10.3 Å². The Kier molecular flexibility index (Phi) is 6.75. The number of amides is 1. The fraction of sp³-hybridized carbons (Fsp3) is 0.450. The maximum absolute atomic E-state index is 12.6. The van der Waals surface area contributed by atoms with Crippen LogP contribution in [0, 0.1) is 25.2 Å². The van der Waals surface area contributed by atoms with Gasteiger partial charge in [0.05, 0.1) is 0 Å². The van der Waals surface area contributed by atoms with Gasteiger partial charge in [0.15, 0.2) is 0 Å². The van der Waals surface area contributed by atoms with Crippen molar-refractivity contribution in [3.8, 4) is 6.07 Å². The highest BCUT2D eigenvalue weighted by Gasteiger charge is 2.27. The number of sulfonamides is 1. The Labute approximate surface area is 179 Å². The Morgan fingerprint density at radius 1 is 1.37 bits per heavy atom. The molecule has 0 atom stereocenters. The Morgan fingerprint density at radius 3 is 2.67 bits per heavy atom. The van der Waals surface area contributed by atoms with E-state index in [4.69, 9.17) is 5.26 Å². The molecule has 3 heterocycles. The molecular formula is C20H24N4O4S2. The third-order valence-corrected chi connectivity index (χ3v) is 8.36. The minimum absolute atomic E-state index is 0.0157. The van der Waals surface area contributed by atoms with Gasteiger partial charge < -0.3 is 9.88 Å². The number of hydrogen-bond donors (Lipinski definition) is 2. The van der Waals surface area contributed by atoms with Gasteiger partial charge in [0.1, 0.15) is 15.8 Å². The van der Waals surface area contributed by atoms with E-state index in [0.717, 1.165) is 5.56 Å². The third-order valence-electron chi connectivity index (χ3n) is 5.44. The Hall–Kier alpha value is -2.48. The number of H-pyrrole nitrogens is 1. The number of piperidine rings is 1. The molecule has 30 heavy (non-hydrogen) atoms. The number of rotatable bonds is 6. The first-order valence-corrected chi connectivity index (χ1v) is 12.0. The molecule has 8 nitrogen and oxygen atoms in total. The van der Waals surface area contributed by atoms with Crippen LogP contribution in [0.2, 0.25) is 0 Å². The molecule has 0 aromatic carbocycles. The first kappa shape index (κ1) is 22.2. The van der Waals surface area contributed by atoms with Crippen LogP contribution in [0.3, 0.4) is 0 Å². The Morgan fingerprint density at radius 2 is 2.07 bits per heavy atom. The van der Waals surface area contributed by atoms with Crippen molar-refractivity contribution in [2.75, 3.05) is 13.1 Å². The van der Waals surface area contributed by atoms with E-state index < -0.39 is 15.6 Å². The van der Waals surface area contributed by atoms with E-state index in [1.54, 1.807) is 36.3 Å². The minimum Gasteiger partial charge on any atom is -0.343 e. The van der Waals surface area contributed by atoms with Gasteiger partial charge in [-0.1, -0.05) is 6.07 Å². The summed E-state index contributed by atoms with van der Waals surface area (Å²) in [7, 11) is -3.51. The average Bonchev–Trinajstić information content (AvgIpc) is 3.24. The number of thiophene rings is 1. The molecule has 0 spiro atoms. The number of aromatic amines is 1. The Balaban J connectivity index is 1.55. The molecule has 1 saturated heterocycles. The van der Waals surface area contributed by atoms with Crippen LogP contribution in [-0.2, 0) is 21.2 Å². The van der Waals surface area contributed by atoms with Gasteiger partial charge in [-0.15, -0.1) is 11.3 Å². The average molecular weight is 449 g/mol. The van der Waals surface area contributed by atoms with Gasteiger partial charge in [-0.3, -0.25) is 9.59 Å². The smallest absolute Gasteiger partial charge is 0.266 e. The van der Waals surface area contributed by atoms with E-state index in [-0.39, 0.29) is 23.9 Å². The number of nitrogens with one attached hydrogen (secondary N) is 2. The molecule has 0 saturated carbocycles. The van der Waals surface area contributed by atoms with Crippen molar-refractivity contribution in [3.05, 3.63) is 50.3 Å². The highest BCUT2D eigenvalue weighted by Crippen LogP contribution is 2.20. The van der Waals surface area contributed by atoms with E-state index in [1.165, 1.54) is 11.3 Å². The number of carbonyl (C=O) groups excluding carboxylic acids is 1. The zero-order valence-corrected chi connectivity index (χ0v) is 18.5. The lowest BCUT2D eigenvalue weighted by molar-refractivity contribution is -0.132. The third kappa shape index (κ3) is 4.80. The molecule has 160 valence electrons. The fourth-order valence-corrected chi connectivity index (χ4v) is 6.07. The van der Waals surface area contributed by atoms with Gasteiger partial charge in [-0.05, 0) is 55.7 Å². The number of nitrogens with zero attached hydrogens (tertiary/aromatic N) is 2. The topological polar surface area (TPSA) is 123 Å². The van der Waals surface area contributed by atoms with E-state index >= 15 is 0 Å². The molecular weight excluding hydrogens is 424 g/mol. The second-order valence-corrected chi connectivity index (χ2v) is 10.3. The van der Waals surface area contributed by atoms with E-state index in [2.05, 4.69) is 9.71 Å². The largest absolute Gasteiger partial charge is 0.343 e. The van der Waals surface area contributed by atoms with Crippen molar-refractivity contribution in [2.45, 2.75) is 49.8 Å². The number of likely N-dealkylation sites (tertiary alicyclic amines) is 1. The van der Waals surface area contributed by atoms with E-state index in [9.17, 15) is 18.0 Å². The molecule has 2 N–H and O–H groups in total. The maximum Gasteiger partial charge on any atom is 0.266 e. The van der Waals surface area contributed by atoms with Crippen LogP contribution in [0.1, 0.15) is 41.6 Å². The number of nitriles is 1. The van der Waals surface area contributed by atoms with Crippen LogP contribution in [0.5, 0.6) is 0 Å². The SMILES string of the molecule is Cc1[nH]c(=O)c(C#N)c(C)c1CCC(=O)N1CCC(NS(=O)(=O)c2cccs2)CC1. The zero-order chi connectivity index (χ0) is 21.9. The standard InChI is InChI=1S/C20H24N4O4S2/c1-13-16(14(2)22-20(26)17(13)12-21)5-6-18(25)24-9-7-15(8-10-24)23-30(27,28)19-4-3-11-29-19/h3-4,11,15,23H,5-10H2,1-2H3,(H,22,26). The van der Waals surface area contributed by atoms with Crippen LogP contribution in [0.25, 0.3) is 0 Å². The summed E-state index contributed by atoms with van der Waals surface area (Å²) < 4.78 is 27.7. The van der Waals surface area contributed by atoms with Crippen molar-refractivity contribution < 1.29 is 13.2 Å². The lowest BCUT2D eigenvalue weighted by Gasteiger charge is -2.32. The summed E-state index contributed by atoms with van der Waals surface area (Å²) in [5, 5.41) is 10.9. The first-order valence-electron chi connectivity index (χ1n) is 9.69. The molecule has 0 unspecified atom stereocenters. The zero-order valence-electron chi connectivity index (χ0n) is 16.9. The molecule has 3 rings (SSSR count). The quantitative estimate of drug-likeness (QED) is 0.698. The van der Waals surface area contributed by atoms with Gasteiger partial charge >= 0.3 is 0 Å². The molecule has 2 aromatic rings. The summed E-state index contributed by atoms with van der Waals surface area (Å²) in [6.07, 6.45) is 1.83. The van der Waals surface area contributed by atoms with Crippen molar-refractivity contribution in [2.24, 2.45) is 0 Å². The van der Waals surface area contributed by atoms with Gasteiger partial charge in [0, 0.05) is 31.2 Å². The number of pyridine rings is 1. The molecule has 1 amide bonds. The fourth-order valence-electron chi connectivity index (χ4n) is 3.75. The van der Waals surface area contributed by atoms with Crippen molar-refractivity contribution in [1.29, 1.82) is 5.26 Å². The predicted molar refractivity (Wildman–Crippen MR) is 114 cm³/mol. The van der Waals surface area contributed by atoms with Crippen LogP contribution in [-0.4, -0.2) is 43.3 Å². The second kappa shape index (κ2) is 9.12. The maximum atomic E-state index is 12.6. The minimum atomic E-state index is -3.51. The molecule has 1 aliphatic rings. The second-order valence-electron chi connectivity index (χ2n) is 7.38. The van der Waals surface area contributed by atoms with Crippen molar-refractivity contribution >= 4 is 27.3 Å². The summed E-state index contributed by atoms with van der Waals surface area (Å²) in [4.78, 5) is 28.9. The highest BCUT2D eigenvalue weighted by atomic mass is 32.2. The van der Waals surface area contributed by atoms with Crippen molar-refractivity contribution in [3.63, 3.8) is 0 Å². The predicted octanol–water partition coefficient (Wildman–Crippen LogP) is 1.83. The lowest BCUT2D eigenvalue weighted by atomic mass is 9.98. The van der Waals surface area contributed by atoms with Crippen LogP contribution >= 0.6 is 11.3 Å². The van der Waals surface area contributed by atoms with Crippen LogP contribution in [0.15, 0.2) is 26.5 Å². The summed E-state index contributed by atoms with van der Waals surface area (Å²) in [6, 6.07) is 5.00.